The number of aromatic nitrogens is 1. The van der Waals surface area contributed by atoms with E-state index in [1.165, 1.54) is 28.0 Å². The number of nitrogens with two attached hydrogens (primary N) is 1. The lowest BCUT2D eigenvalue weighted by Crippen LogP contribution is -2.41. The Morgan fingerprint density at radius 2 is 2.41 bits per heavy atom. The Balaban J connectivity index is 2.16. The van der Waals surface area contributed by atoms with E-state index in [9.17, 15) is 9.59 Å². The predicted molar refractivity (Wildman–Crippen MR) is 64.9 cm³/mol. The minimum Gasteiger partial charge on any atom is -0.480 e. The van der Waals surface area contributed by atoms with Crippen molar-refractivity contribution >= 4 is 35.0 Å². The van der Waals surface area contributed by atoms with Gasteiger partial charge in [0.25, 0.3) is 5.91 Å². The van der Waals surface area contributed by atoms with Crippen LogP contribution < -0.4 is 5.73 Å². The van der Waals surface area contributed by atoms with E-state index < -0.39 is 12.0 Å². The lowest BCUT2D eigenvalue weighted by atomic mass is 10.3. The van der Waals surface area contributed by atoms with Gasteiger partial charge < -0.3 is 15.7 Å². The number of carbonyl (C=O) groups excluding carboxylic acids is 1. The Labute approximate surface area is 106 Å². The SMILES string of the molecule is NCc1nc(C(=O)N2CSC[C@H]2C(=O)O)cs1. The maximum atomic E-state index is 12.0. The van der Waals surface area contributed by atoms with Gasteiger partial charge >= 0.3 is 5.97 Å². The van der Waals surface area contributed by atoms with Crippen LogP contribution in [0.25, 0.3) is 0 Å². The van der Waals surface area contributed by atoms with E-state index in [1.54, 1.807) is 5.38 Å². The topological polar surface area (TPSA) is 96.5 Å². The lowest BCUT2D eigenvalue weighted by Gasteiger charge is -2.18. The van der Waals surface area contributed by atoms with Crippen molar-refractivity contribution in [2.75, 3.05) is 11.6 Å². The molecule has 0 aliphatic carbocycles. The number of hydrogen-bond acceptors (Lipinski definition) is 6. The van der Waals surface area contributed by atoms with E-state index in [-0.39, 0.29) is 18.1 Å². The highest BCUT2D eigenvalue weighted by Crippen LogP contribution is 2.23. The molecule has 6 nitrogen and oxygen atoms in total. The Morgan fingerprint density at radius 3 is 3.00 bits per heavy atom. The third-order valence-corrected chi connectivity index (χ3v) is 4.26. The van der Waals surface area contributed by atoms with Gasteiger partial charge in [0, 0.05) is 17.7 Å². The number of carboxylic acid groups (broad SMARTS) is 1. The third kappa shape index (κ3) is 2.43. The van der Waals surface area contributed by atoms with Gasteiger partial charge in [-0.05, 0) is 0 Å². The molecule has 2 rings (SSSR count). The van der Waals surface area contributed by atoms with Crippen molar-refractivity contribution < 1.29 is 14.7 Å². The molecule has 0 aromatic carbocycles. The molecule has 0 spiro atoms. The molecule has 17 heavy (non-hydrogen) atoms. The van der Waals surface area contributed by atoms with Crippen LogP contribution in [0.1, 0.15) is 15.5 Å². The van der Waals surface area contributed by atoms with Crippen molar-refractivity contribution in [1.29, 1.82) is 0 Å². The second-order valence-electron chi connectivity index (χ2n) is 3.46. The molecule has 0 unspecified atom stereocenters. The van der Waals surface area contributed by atoms with Crippen LogP contribution in [0.2, 0.25) is 0 Å². The summed E-state index contributed by atoms with van der Waals surface area (Å²) in [5.74, 6) is -0.490. The number of nitrogens with zero attached hydrogens (tertiary/aromatic N) is 2. The fraction of sp³-hybridized carbons (Fsp3) is 0.444. The average Bonchev–Trinajstić information content (AvgIpc) is 2.97. The second kappa shape index (κ2) is 5.03. The van der Waals surface area contributed by atoms with E-state index in [1.807, 2.05) is 0 Å². The van der Waals surface area contributed by atoms with Gasteiger partial charge in [-0.2, -0.15) is 0 Å². The molecule has 0 bridgehead atoms. The highest BCUT2D eigenvalue weighted by molar-refractivity contribution is 7.99. The molecule has 92 valence electrons. The molecule has 3 N–H and O–H groups in total. The first-order chi connectivity index (χ1) is 8.13. The van der Waals surface area contributed by atoms with E-state index in [0.717, 1.165) is 0 Å². The summed E-state index contributed by atoms with van der Waals surface area (Å²) in [7, 11) is 0. The summed E-state index contributed by atoms with van der Waals surface area (Å²) >= 11 is 2.74. The van der Waals surface area contributed by atoms with Crippen LogP contribution >= 0.6 is 23.1 Å². The fourth-order valence-electron chi connectivity index (χ4n) is 1.50. The van der Waals surface area contributed by atoms with E-state index in [2.05, 4.69) is 4.98 Å². The predicted octanol–water partition coefficient (Wildman–Crippen LogP) is 0.201. The smallest absolute Gasteiger partial charge is 0.327 e. The number of carbonyl (C=O) groups is 2. The molecule has 1 aliphatic heterocycles. The zero-order valence-electron chi connectivity index (χ0n) is 8.83. The Bertz CT molecular complexity index is 448. The van der Waals surface area contributed by atoms with Crippen LogP contribution in [0.15, 0.2) is 5.38 Å². The van der Waals surface area contributed by atoms with Crippen molar-refractivity contribution in [3.05, 3.63) is 16.1 Å². The monoisotopic (exact) mass is 273 g/mol. The maximum absolute atomic E-state index is 12.0. The van der Waals surface area contributed by atoms with Gasteiger partial charge in [0.15, 0.2) is 0 Å². The zero-order chi connectivity index (χ0) is 12.4. The number of thioether (sulfide) groups is 1. The number of thiazole rings is 1. The minimum atomic E-state index is -0.974. The first kappa shape index (κ1) is 12.3. The molecule has 1 fully saturated rings. The molecular weight excluding hydrogens is 262 g/mol. The molecule has 1 atom stereocenters. The highest BCUT2D eigenvalue weighted by Gasteiger charge is 2.35. The molecular formula is C9H11N3O3S2. The van der Waals surface area contributed by atoms with Crippen molar-refractivity contribution in [2.45, 2.75) is 12.6 Å². The Hall–Kier alpha value is -1.12. The van der Waals surface area contributed by atoms with Gasteiger partial charge in [0.2, 0.25) is 0 Å². The highest BCUT2D eigenvalue weighted by atomic mass is 32.2. The number of carboxylic acids is 1. The van der Waals surface area contributed by atoms with Crippen molar-refractivity contribution in [2.24, 2.45) is 5.73 Å². The first-order valence-corrected chi connectivity index (χ1v) is 6.93. The van der Waals surface area contributed by atoms with Gasteiger partial charge in [-0.25, -0.2) is 9.78 Å². The Kier molecular flexibility index (Phi) is 3.65. The van der Waals surface area contributed by atoms with Crippen molar-refractivity contribution in [1.82, 2.24) is 9.88 Å². The Morgan fingerprint density at radius 1 is 1.65 bits per heavy atom. The molecule has 1 aliphatic rings. The average molecular weight is 273 g/mol. The quantitative estimate of drug-likeness (QED) is 0.816. The van der Waals surface area contributed by atoms with Crippen LogP contribution in [0.3, 0.4) is 0 Å². The van der Waals surface area contributed by atoms with Crippen LogP contribution in [0, 0.1) is 0 Å². The molecule has 2 heterocycles. The van der Waals surface area contributed by atoms with E-state index in [0.29, 0.717) is 16.6 Å². The van der Waals surface area contributed by atoms with E-state index >= 15 is 0 Å². The fourth-order valence-corrected chi connectivity index (χ4v) is 3.29. The number of aliphatic carboxylic acids is 1. The number of hydrogen-bond donors (Lipinski definition) is 2. The molecule has 1 aromatic rings. The number of amides is 1. The van der Waals surface area contributed by atoms with Crippen molar-refractivity contribution in [3.63, 3.8) is 0 Å². The number of rotatable bonds is 3. The molecule has 1 aromatic heterocycles. The zero-order valence-corrected chi connectivity index (χ0v) is 10.5. The van der Waals surface area contributed by atoms with Crippen LogP contribution in [0.4, 0.5) is 0 Å². The summed E-state index contributed by atoms with van der Waals surface area (Å²) < 4.78 is 0. The normalized spacial score (nSPS) is 19.6. The molecule has 1 saturated heterocycles. The summed E-state index contributed by atoms with van der Waals surface area (Å²) in [4.78, 5) is 28.4. The molecule has 8 heteroatoms. The summed E-state index contributed by atoms with van der Waals surface area (Å²) in [6, 6.07) is -0.754. The third-order valence-electron chi connectivity index (χ3n) is 2.37. The summed E-state index contributed by atoms with van der Waals surface area (Å²) in [5.41, 5.74) is 5.70. The summed E-state index contributed by atoms with van der Waals surface area (Å²) in [5, 5.41) is 11.3. The maximum Gasteiger partial charge on any atom is 0.327 e. The minimum absolute atomic E-state index is 0.282. The molecule has 1 amide bonds. The van der Waals surface area contributed by atoms with Crippen molar-refractivity contribution in [3.8, 4) is 0 Å². The van der Waals surface area contributed by atoms with E-state index in [4.69, 9.17) is 10.8 Å². The van der Waals surface area contributed by atoms with Crippen LogP contribution in [0.5, 0.6) is 0 Å². The lowest BCUT2D eigenvalue weighted by molar-refractivity contribution is -0.140. The van der Waals surface area contributed by atoms with Gasteiger partial charge in [-0.3, -0.25) is 4.79 Å². The largest absolute Gasteiger partial charge is 0.480 e. The van der Waals surface area contributed by atoms with Crippen LogP contribution in [-0.4, -0.2) is 44.5 Å². The summed E-state index contributed by atoms with van der Waals surface area (Å²) in [6.07, 6.45) is 0. The second-order valence-corrected chi connectivity index (χ2v) is 5.40. The molecule has 0 saturated carbocycles. The first-order valence-electron chi connectivity index (χ1n) is 4.89. The standard InChI is InChI=1S/C9H11N3O3S2/c10-1-7-11-5(2-17-7)8(13)12-4-16-3-6(12)9(14)15/h2,6H,1,3-4,10H2,(H,14,15)/t6-/m0/s1. The van der Waals surface area contributed by atoms with Gasteiger partial charge in [0.1, 0.15) is 16.7 Å². The van der Waals surface area contributed by atoms with Gasteiger partial charge in [-0.1, -0.05) is 0 Å². The van der Waals surface area contributed by atoms with Crippen LogP contribution in [-0.2, 0) is 11.3 Å². The van der Waals surface area contributed by atoms with Gasteiger partial charge in [0.05, 0.1) is 5.88 Å². The van der Waals surface area contributed by atoms with Gasteiger partial charge in [-0.15, -0.1) is 23.1 Å². The molecule has 0 radical (unpaired) electrons. The summed E-state index contributed by atoms with van der Waals surface area (Å²) in [6.45, 7) is 0.287.